The first-order valence-corrected chi connectivity index (χ1v) is 9.15. The minimum Gasteiger partial charge on any atom is -0.300 e. The van der Waals surface area contributed by atoms with Gasteiger partial charge >= 0.3 is 4.45 Å². The van der Waals surface area contributed by atoms with Crippen molar-refractivity contribution in [1.82, 2.24) is 10.2 Å². The van der Waals surface area contributed by atoms with Crippen molar-refractivity contribution in [1.29, 1.82) is 0 Å². The molecule has 21 heavy (non-hydrogen) atoms. The van der Waals surface area contributed by atoms with E-state index in [4.69, 9.17) is 0 Å². The number of sulfone groups is 1. The lowest BCUT2D eigenvalue weighted by Crippen LogP contribution is -2.52. The van der Waals surface area contributed by atoms with E-state index in [1.807, 2.05) is 4.90 Å². The SMILES string of the molecule is O=[N+]([O-])C1(Br)C=CC=NC1NCCN1CCS(=O)(=O)CC1. The zero-order valence-corrected chi connectivity index (χ0v) is 13.7. The lowest BCUT2D eigenvalue weighted by Gasteiger charge is -2.29. The van der Waals surface area contributed by atoms with E-state index in [9.17, 15) is 18.5 Å². The van der Waals surface area contributed by atoms with Gasteiger partial charge < -0.3 is 4.90 Å². The maximum absolute atomic E-state index is 11.3. The summed E-state index contributed by atoms with van der Waals surface area (Å²) in [6.45, 7) is 2.14. The summed E-state index contributed by atoms with van der Waals surface area (Å²) in [5, 5.41) is 14.2. The molecule has 0 aromatic heterocycles. The summed E-state index contributed by atoms with van der Waals surface area (Å²) in [4.78, 5) is 16.8. The van der Waals surface area contributed by atoms with E-state index in [0.29, 0.717) is 26.2 Å². The summed E-state index contributed by atoms with van der Waals surface area (Å²) in [6, 6.07) is 0. The smallest absolute Gasteiger partial charge is 0.300 e. The number of dihydropyridines is 1. The van der Waals surface area contributed by atoms with Gasteiger partial charge in [0.15, 0.2) is 16.0 Å². The Morgan fingerprint density at radius 1 is 1.48 bits per heavy atom. The number of rotatable bonds is 5. The molecule has 118 valence electrons. The highest BCUT2D eigenvalue weighted by molar-refractivity contribution is 9.10. The van der Waals surface area contributed by atoms with Gasteiger partial charge in [-0.05, 0) is 6.08 Å². The predicted octanol–water partition coefficient (Wildman–Crippen LogP) is -0.359. The van der Waals surface area contributed by atoms with Crippen molar-refractivity contribution < 1.29 is 13.3 Å². The Hall–Kier alpha value is -0.840. The summed E-state index contributed by atoms with van der Waals surface area (Å²) in [7, 11) is -2.88. The van der Waals surface area contributed by atoms with Crippen molar-refractivity contribution in [3.05, 3.63) is 22.3 Å². The molecule has 1 saturated heterocycles. The van der Waals surface area contributed by atoms with E-state index in [0.717, 1.165) is 0 Å². The van der Waals surface area contributed by atoms with Crippen LogP contribution in [0.25, 0.3) is 0 Å². The standard InChI is InChI=1S/C11H17BrN4O4S/c12-11(16(17)18)2-1-3-13-10(11)14-4-5-15-6-8-21(19,20)9-7-15/h1-3,10,14H,4-9H2. The van der Waals surface area contributed by atoms with Crippen LogP contribution in [0.1, 0.15) is 0 Å². The molecule has 2 aliphatic heterocycles. The molecule has 2 aliphatic rings. The van der Waals surface area contributed by atoms with Crippen LogP contribution in [0, 0.1) is 10.1 Å². The van der Waals surface area contributed by atoms with E-state index in [1.54, 1.807) is 0 Å². The maximum atomic E-state index is 11.3. The first-order chi connectivity index (χ1) is 9.83. The van der Waals surface area contributed by atoms with Crippen molar-refractivity contribution in [3.8, 4) is 0 Å². The van der Waals surface area contributed by atoms with Gasteiger partial charge in [0.25, 0.3) is 0 Å². The molecule has 0 radical (unpaired) electrons. The van der Waals surface area contributed by atoms with Gasteiger partial charge in [0.2, 0.25) is 0 Å². The lowest BCUT2D eigenvalue weighted by molar-refractivity contribution is -0.526. The van der Waals surface area contributed by atoms with Crippen LogP contribution in [0.15, 0.2) is 17.1 Å². The molecule has 1 fully saturated rings. The second-order valence-electron chi connectivity index (χ2n) is 4.99. The fourth-order valence-corrected chi connectivity index (χ4v) is 3.91. The summed E-state index contributed by atoms with van der Waals surface area (Å²) < 4.78 is 21.2. The van der Waals surface area contributed by atoms with Crippen LogP contribution in [0.5, 0.6) is 0 Å². The average molecular weight is 381 g/mol. The minimum absolute atomic E-state index is 0.175. The highest BCUT2D eigenvalue weighted by Gasteiger charge is 2.46. The third-order valence-corrected chi connectivity index (χ3v) is 6.11. The second-order valence-corrected chi connectivity index (χ2v) is 8.57. The molecule has 10 heteroatoms. The molecule has 0 aromatic carbocycles. The van der Waals surface area contributed by atoms with Crippen LogP contribution in [-0.4, -0.2) is 72.8 Å². The fourth-order valence-electron chi connectivity index (χ4n) is 2.20. The van der Waals surface area contributed by atoms with Gasteiger partial charge in [-0.15, -0.1) is 0 Å². The van der Waals surface area contributed by atoms with E-state index in [2.05, 4.69) is 26.2 Å². The van der Waals surface area contributed by atoms with Crippen LogP contribution >= 0.6 is 15.9 Å². The molecule has 2 heterocycles. The number of halogens is 1. The number of alkyl halides is 1. The molecular weight excluding hydrogens is 364 g/mol. The van der Waals surface area contributed by atoms with Gasteiger partial charge in [0, 0.05) is 59.3 Å². The Bertz CT molecular complexity index is 551. The fraction of sp³-hybridized carbons (Fsp3) is 0.727. The van der Waals surface area contributed by atoms with E-state index >= 15 is 0 Å². The molecular formula is C11H17BrN4O4S. The Morgan fingerprint density at radius 3 is 2.76 bits per heavy atom. The Labute approximate surface area is 131 Å². The normalized spacial score (nSPS) is 32.1. The van der Waals surface area contributed by atoms with Crippen molar-refractivity contribution in [2.24, 2.45) is 4.99 Å². The van der Waals surface area contributed by atoms with Crippen molar-refractivity contribution in [2.75, 3.05) is 37.7 Å². The zero-order valence-electron chi connectivity index (χ0n) is 11.3. The molecule has 0 amide bonds. The number of aliphatic imine (C=N–C) groups is 1. The Kier molecular flexibility index (Phi) is 5.12. The average Bonchev–Trinajstić information content (AvgIpc) is 2.42. The summed E-state index contributed by atoms with van der Waals surface area (Å²) in [5.41, 5.74) is 0. The van der Waals surface area contributed by atoms with Gasteiger partial charge in [0.1, 0.15) is 0 Å². The van der Waals surface area contributed by atoms with Crippen molar-refractivity contribution in [3.63, 3.8) is 0 Å². The third-order valence-electron chi connectivity index (χ3n) is 3.52. The predicted molar refractivity (Wildman–Crippen MR) is 83.2 cm³/mol. The van der Waals surface area contributed by atoms with Gasteiger partial charge in [0.05, 0.1) is 11.5 Å². The van der Waals surface area contributed by atoms with Gasteiger partial charge in [-0.2, -0.15) is 0 Å². The number of nitro groups is 1. The maximum Gasteiger partial charge on any atom is 0.327 e. The van der Waals surface area contributed by atoms with Crippen molar-refractivity contribution >= 4 is 32.0 Å². The zero-order chi connectivity index (χ0) is 15.5. The second kappa shape index (κ2) is 6.51. The molecule has 8 nitrogen and oxygen atoms in total. The van der Waals surface area contributed by atoms with E-state index in [1.165, 1.54) is 18.4 Å². The molecule has 1 N–H and O–H groups in total. The molecule has 0 aliphatic carbocycles. The van der Waals surface area contributed by atoms with Crippen LogP contribution in [-0.2, 0) is 9.84 Å². The monoisotopic (exact) mass is 380 g/mol. The third kappa shape index (κ3) is 4.09. The summed E-state index contributed by atoms with van der Waals surface area (Å²) in [5.74, 6) is 0.350. The minimum atomic E-state index is -2.88. The van der Waals surface area contributed by atoms with Gasteiger partial charge in [-0.25, -0.2) is 8.42 Å². The summed E-state index contributed by atoms with van der Waals surface area (Å²) >= 11 is 3.11. The van der Waals surface area contributed by atoms with Gasteiger partial charge in [-0.1, -0.05) is 0 Å². The van der Waals surface area contributed by atoms with Crippen LogP contribution in [0.2, 0.25) is 0 Å². The topological polar surface area (TPSA) is 105 Å². The number of hydrogen-bond donors (Lipinski definition) is 1. The molecule has 0 saturated carbocycles. The molecule has 2 atom stereocenters. The van der Waals surface area contributed by atoms with E-state index < -0.39 is 25.4 Å². The van der Waals surface area contributed by atoms with Crippen LogP contribution in [0.3, 0.4) is 0 Å². The van der Waals surface area contributed by atoms with Gasteiger partial charge in [-0.3, -0.25) is 20.4 Å². The molecule has 0 bridgehead atoms. The number of nitrogens with zero attached hydrogens (tertiary/aromatic N) is 3. The largest absolute Gasteiger partial charge is 0.327 e. The molecule has 2 unspecified atom stereocenters. The highest BCUT2D eigenvalue weighted by Crippen LogP contribution is 2.28. The first kappa shape index (κ1) is 16.5. The van der Waals surface area contributed by atoms with Crippen LogP contribution < -0.4 is 5.32 Å². The number of hydrogen-bond acceptors (Lipinski definition) is 7. The quantitative estimate of drug-likeness (QED) is 0.302. The molecule has 0 spiro atoms. The Balaban J connectivity index is 1.82. The summed E-state index contributed by atoms with van der Waals surface area (Å²) in [6.07, 6.45) is 3.82. The molecule has 2 rings (SSSR count). The number of allylic oxidation sites excluding steroid dienone is 1. The highest BCUT2D eigenvalue weighted by atomic mass is 79.9. The molecule has 0 aromatic rings. The first-order valence-electron chi connectivity index (χ1n) is 6.54. The van der Waals surface area contributed by atoms with Crippen LogP contribution in [0.4, 0.5) is 0 Å². The lowest BCUT2D eigenvalue weighted by atomic mass is 10.2. The van der Waals surface area contributed by atoms with Crippen molar-refractivity contribution in [2.45, 2.75) is 10.6 Å². The van der Waals surface area contributed by atoms with E-state index in [-0.39, 0.29) is 11.5 Å². The Morgan fingerprint density at radius 2 is 2.14 bits per heavy atom. The number of nitrogens with one attached hydrogen (secondary N) is 1.